The molecule has 0 amide bonds. The van der Waals surface area contributed by atoms with E-state index in [1.807, 2.05) is 0 Å². The van der Waals surface area contributed by atoms with Gasteiger partial charge in [-0.15, -0.1) is 0 Å². The van der Waals surface area contributed by atoms with Gasteiger partial charge in [0, 0.05) is 17.9 Å². The highest BCUT2D eigenvalue weighted by atomic mass is 15.2. The van der Waals surface area contributed by atoms with E-state index >= 15 is 0 Å². The number of rotatable bonds is 3. The van der Waals surface area contributed by atoms with E-state index in [1.54, 1.807) is 4.90 Å². The van der Waals surface area contributed by atoms with Crippen LogP contribution < -0.4 is 10.2 Å². The summed E-state index contributed by atoms with van der Waals surface area (Å²) in [6, 6.07) is 11.7. The SMILES string of the molecule is C[NH2+]C1C[NH+](Cc2ccccc2)CC[C@H]1C. The summed E-state index contributed by atoms with van der Waals surface area (Å²) in [5.41, 5.74) is 1.47. The van der Waals surface area contributed by atoms with Crippen LogP contribution in [0.25, 0.3) is 0 Å². The summed E-state index contributed by atoms with van der Waals surface area (Å²) in [6.45, 7) is 6.23. The van der Waals surface area contributed by atoms with Crippen molar-refractivity contribution in [1.82, 2.24) is 0 Å². The molecule has 1 saturated heterocycles. The van der Waals surface area contributed by atoms with Crippen LogP contribution in [0.3, 0.4) is 0 Å². The van der Waals surface area contributed by atoms with E-state index in [0.29, 0.717) is 0 Å². The molecule has 3 N–H and O–H groups in total. The Morgan fingerprint density at radius 3 is 2.75 bits per heavy atom. The van der Waals surface area contributed by atoms with Crippen LogP contribution in [-0.4, -0.2) is 26.2 Å². The lowest BCUT2D eigenvalue weighted by molar-refractivity contribution is -0.939. The van der Waals surface area contributed by atoms with Crippen molar-refractivity contribution in [2.75, 3.05) is 20.1 Å². The molecule has 1 aliphatic rings. The average Bonchev–Trinajstić information content (AvgIpc) is 2.33. The van der Waals surface area contributed by atoms with Crippen LogP contribution >= 0.6 is 0 Å². The Kier molecular flexibility index (Phi) is 3.97. The van der Waals surface area contributed by atoms with E-state index in [-0.39, 0.29) is 0 Å². The number of likely N-dealkylation sites (N-methyl/N-ethyl adjacent to an activating group) is 1. The maximum atomic E-state index is 2.40. The molecular formula is C14H24N2+2. The van der Waals surface area contributed by atoms with Gasteiger partial charge in [-0.1, -0.05) is 37.3 Å². The number of piperidine rings is 1. The minimum absolute atomic E-state index is 0.812. The first-order valence-corrected chi connectivity index (χ1v) is 6.46. The number of likely N-dealkylation sites (tertiary alicyclic amines) is 1. The third-order valence-corrected chi connectivity index (χ3v) is 3.93. The molecule has 0 aliphatic carbocycles. The Bertz CT molecular complexity index is 310. The van der Waals surface area contributed by atoms with Crippen LogP contribution in [0.4, 0.5) is 0 Å². The second-order valence-corrected chi connectivity index (χ2v) is 5.13. The molecule has 0 radical (unpaired) electrons. The Labute approximate surface area is 98.7 Å². The first-order valence-electron chi connectivity index (χ1n) is 6.46. The highest BCUT2D eigenvalue weighted by Crippen LogP contribution is 2.06. The molecule has 88 valence electrons. The maximum absolute atomic E-state index is 2.40. The summed E-state index contributed by atoms with van der Waals surface area (Å²) in [6.07, 6.45) is 1.37. The number of hydrogen-bond acceptors (Lipinski definition) is 0. The standard InChI is InChI=1S/C14H22N2/c1-12-8-9-16(11-14(12)15-2)10-13-6-4-3-5-7-13/h3-7,12,14-15H,8-11H2,1-2H3/p+2/t12-,14?/m1/s1. The van der Waals surface area contributed by atoms with Gasteiger partial charge in [-0.05, 0) is 0 Å². The summed E-state index contributed by atoms with van der Waals surface area (Å²) >= 11 is 0. The predicted octanol–water partition coefficient (Wildman–Crippen LogP) is -0.327. The molecule has 1 aliphatic heterocycles. The molecule has 0 aromatic heterocycles. The Hall–Kier alpha value is -0.860. The maximum Gasteiger partial charge on any atom is 0.138 e. The quantitative estimate of drug-likeness (QED) is 0.696. The van der Waals surface area contributed by atoms with Gasteiger partial charge in [0.15, 0.2) is 0 Å². The van der Waals surface area contributed by atoms with E-state index in [4.69, 9.17) is 0 Å². The number of hydrogen-bond donors (Lipinski definition) is 2. The highest BCUT2D eigenvalue weighted by molar-refractivity contribution is 5.13. The number of nitrogens with one attached hydrogen (secondary N) is 1. The van der Waals surface area contributed by atoms with E-state index in [0.717, 1.165) is 12.0 Å². The molecule has 3 atom stereocenters. The van der Waals surface area contributed by atoms with Gasteiger partial charge in [0.2, 0.25) is 0 Å². The van der Waals surface area contributed by atoms with Crippen molar-refractivity contribution in [2.24, 2.45) is 5.92 Å². The first-order chi connectivity index (χ1) is 7.79. The normalized spacial score (nSPS) is 30.2. The predicted molar refractivity (Wildman–Crippen MR) is 66.3 cm³/mol. The lowest BCUT2D eigenvalue weighted by Gasteiger charge is -2.32. The second-order valence-electron chi connectivity index (χ2n) is 5.13. The van der Waals surface area contributed by atoms with Gasteiger partial charge in [-0.25, -0.2) is 0 Å². The van der Waals surface area contributed by atoms with E-state index in [2.05, 4.69) is 49.6 Å². The van der Waals surface area contributed by atoms with Gasteiger partial charge in [-0.2, -0.15) is 0 Å². The fourth-order valence-corrected chi connectivity index (χ4v) is 2.77. The number of benzene rings is 1. The van der Waals surface area contributed by atoms with E-state index < -0.39 is 0 Å². The molecule has 2 rings (SSSR count). The summed E-state index contributed by atoms with van der Waals surface area (Å²) in [4.78, 5) is 1.74. The zero-order chi connectivity index (χ0) is 11.4. The van der Waals surface area contributed by atoms with Gasteiger partial charge < -0.3 is 10.2 Å². The zero-order valence-electron chi connectivity index (χ0n) is 10.4. The largest absolute Gasteiger partial charge is 0.341 e. The zero-order valence-corrected chi connectivity index (χ0v) is 10.4. The van der Waals surface area contributed by atoms with Crippen LogP contribution in [0.2, 0.25) is 0 Å². The van der Waals surface area contributed by atoms with E-state index in [1.165, 1.54) is 31.6 Å². The molecule has 0 bridgehead atoms. The van der Waals surface area contributed by atoms with Crippen molar-refractivity contribution in [2.45, 2.75) is 25.9 Å². The van der Waals surface area contributed by atoms with Crippen LogP contribution in [0.1, 0.15) is 18.9 Å². The molecule has 2 unspecified atom stereocenters. The fraction of sp³-hybridized carbons (Fsp3) is 0.571. The topological polar surface area (TPSA) is 21.1 Å². The van der Waals surface area contributed by atoms with Gasteiger partial charge >= 0.3 is 0 Å². The monoisotopic (exact) mass is 220 g/mol. The van der Waals surface area contributed by atoms with E-state index in [9.17, 15) is 0 Å². The Morgan fingerprint density at radius 1 is 1.31 bits per heavy atom. The minimum atomic E-state index is 0.812. The Balaban J connectivity index is 1.92. The van der Waals surface area contributed by atoms with Crippen LogP contribution in [-0.2, 0) is 6.54 Å². The smallest absolute Gasteiger partial charge is 0.138 e. The van der Waals surface area contributed by atoms with Crippen molar-refractivity contribution >= 4 is 0 Å². The third kappa shape index (κ3) is 2.83. The number of nitrogens with two attached hydrogens (primary N) is 1. The molecule has 2 heteroatoms. The molecule has 1 heterocycles. The average molecular weight is 220 g/mol. The van der Waals surface area contributed by atoms with Crippen molar-refractivity contribution in [3.8, 4) is 0 Å². The molecular weight excluding hydrogens is 196 g/mol. The molecule has 0 saturated carbocycles. The molecule has 0 spiro atoms. The summed E-state index contributed by atoms with van der Waals surface area (Å²) in [7, 11) is 2.21. The lowest BCUT2D eigenvalue weighted by Crippen LogP contribution is -3.16. The summed E-state index contributed by atoms with van der Waals surface area (Å²) < 4.78 is 0. The molecule has 1 aromatic rings. The van der Waals surface area contributed by atoms with Gasteiger partial charge in [-0.3, -0.25) is 0 Å². The van der Waals surface area contributed by atoms with Gasteiger partial charge in [0.25, 0.3) is 0 Å². The fourth-order valence-electron chi connectivity index (χ4n) is 2.77. The second kappa shape index (κ2) is 5.46. The van der Waals surface area contributed by atoms with Crippen molar-refractivity contribution in [3.63, 3.8) is 0 Å². The summed E-state index contributed by atoms with van der Waals surface area (Å²) in [5.74, 6) is 0.879. The minimum Gasteiger partial charge on any atom is -0.341 e. The summed E-state index contributed by atoms with van der Waals surface area (Å²) in [5, 5.41) is 2.40. The molecule has 1 fully saturated rings. The van der Waals surface area contributed by atoms with Crippen LogP contribution in [0.15, 0.2) is 30.3 Å². The van der Waals surface area contributed by atoms with Crippen LogP contribution in [0.5, 0.6) is 0 Å². The van der Waals surface area contributed by atoms with Gasteiger partial charge in [0.05, 0.1) is 13.6 Å². The Morgan fingerprint density at radius 2 is 2.06 bits per heavy atom. The molecule has 16 heavy (non-hydrogen) atoms. The van der Waals surface area contributed by atoms with Crippen molar-refractivity contribution < 1.29 is 10.2 Å². The van der Waals surface area contributed by atoms with Gasteiger partial charge in [0.1, 0.15) is 19.1 Å². The highest BCUT2D eigenvalue weighted by Gasteiger charge is 2.30. The van der Waals surface area contributed by atoms with Crippen molar-refractivity contribution in [3.05, 3.63) is 35.9 Å². The molecule has 2 nitrogen and oxygen atoms in total. The van der Waals surface area contributed by atoms with Crippen LogP contribution in [0, 0.1) is 5.92 Å². The van der Waals surface area contributed by atoms with Crippen molar-refractivity contribution in [1.29, 1.82) is 0 Å². The number of quaternary nitrogens is 2. The lowest BCUT2D eigenvalue weighted by atomic mass is 9.93. The third-order valence-electron chi connectivity index (χ3n) is 3.93. The first kappa shape index (κ1) is 11.6. The molecule has 1 aromatic carbocycles.